The second-order valence-corrected chi connectivity index (χ2v) is 4.34. The first kappa shape index (κ1) is 12.9. The second-order valence-electron chi connectivity index (χ2n) is 4.34. The molecule has 3 rings (SSSR count). The average molecular weight is 283 g/mol. The van der Waals surface area contributed by atoms with E-state index in [2.05, 4.69) is 9.97 Å². The predicted octanol–water partition coefficient (Wildman–Crippen LogP) is 1.53. The molecule has 7 nitrogen and oxygen atoms in total. The van der Waals surface area contributed by atoms with Gasteiger partial charge >= 0.3 is 5.97 Å². The van der Waals surface area contributed by atoms with Gasteiger partial charge in [0.05, 0.1) is 0 Å². The number of nitrogens with zero attached hydrogens (tertiary/aromatic N) is 3. The Morgan fingerprint density at radius 3 is 3.00 bits per heavy atom. The van der Waals surface area contributed by atoms with Crippen LogP contribution in [0.5, 0.6) is 17.4 Å². The quantitative estimate of drug-likeness (QED) is 0.910. The summed E-state index contributed by atoms with van der Waals surface area (Å²) < 4.78 is 10.8. The summed E-state index contributed by atoms with van der Waals surface area (Å²) in [5.74, 6) is -0.0545. The van der Waals surface area contributed by atoms with Gasteiger partial charge in [0.2, 0.25) is 5.69 Å². The Bertz CT molecular complexity index is 754. The lowest BCUT2D eigenvalue weighted by Gasteiger charge is -2.07. The van der Waals surface area contributed by atoms with Crippen molar-refractivity contribution in [3.8, 4) is 23.4 Å². The van der Waals surface area contributed by atoms with E-state index in [9.17, 15) is 4.79 Å². The van der Waals surface area contributed by atoms with Crippen molar-refractivity contribution < 1.29 is 19.4 Å². The van der Waals surface area contributed by atoms with Crippen LogP contribution >= 0.6 is 0 Å². The van der Waals surface area contributed by atoms with Crippen LogP contribution < -0.4 is 9.47 Å². The Kier molecular flexibility index (Phi) is 3.12. The third kappa shape index (κ3) is 2.47. The summed E-state index contributed by atoms with van der Waals surface area (Å²) in [4.78, 5) is 18.7. The van der Waals surface area contributed by atoms with Gasteiger partial charge in [-0.05, 0) is 11.6 Å². The molecule has 104 valence electrons. The Labute approximate surface area is 119 Å². The van der Waals surface area contributed by atoms with Crippen molar-refractivity contribution in [1.29, 1.82) is 5.26 Å². The zero-order valence-electron chi connectivity index (χ0n) is 10.7. The molecule has 1 N–H and O–H groups in total. The van der Waals surface area contributed by atoms with Crippen molar-refractivity contribution >= 4 is 5.97 Å². The van der Waals surface area contributed by atoms with Crippen molar-refractivity contribution in [2.75, 3.05) is 0 Å². The third-order valence-corrected chi connectivity index (χ3v) is 2.97. The molecule has 1 atom stereocenters. The monoisotopic (exact) mass is 283 g/mol. The van der Waals surface area contributed by atoms with Crippen molar-refractivity contribution in [3.63, 3.8) is 0 Å². The molecular weight excluding hydrogens is 274 g/mol. The molecule has 21 heavy (non-hydrogen) atoms. The molecule has 1 unspecified atom stereocenters. The summed E-state index contributed by atoms with van der Waals surface area (Å²) in [6.07, 6.45) is 2.26. The number of hydrogen-bond acceptors (Lipinski definition) is 6. The lowest BCUT2D eigenvalue weighted by atomic mass is 10.1. The van der Waals surface area contributed by atoms with E-state index in [1.165, 1.54) is 12.4 Å². The van der Waals surface area contributed by atoms with E-state index < -0.39 is 12.1 Å². The molecule has 2 aromatic rings. The van der Waals surface area contributed by atoms with Gasteiger partial charge < -0.3 is 14.6 Å². The third-order valence-electron chi connectivity index (χ3n) is 2.97. The van der Waals surface area contributed by atoms with Crippen molar-refractivity contribution in [3.05, 3.63) is 41.9 Å². The molecule has 7 heteroatoms. The van der Waals surface area contributed by atoms with E-state index in [-0.39, 0.29) is 11.6 Å². The highest BCUT2D eigenvalue weighted by Crippen LogP contribution is 2.34. The van der Waals surface area contributed by atoms with Crippen LogP contribution in [0.2, 0.25) is 0 Å². The smallest absolute Gasteiger partial charge is 0.345 e. The van der Waals surface area contributed by atoms with Gasteiger partial charge in [-0.25, -0.2) is 14.8 Å². The molecule has 0 aliphatic carbocycles. The largest absolute Gasteiger partial charge is 0.478 e. The molecule has 0 saturated carbocycles. The fourth-order valence-electron chi connectivity index (χ4n) is 2.00. The lowest BCUT2D eigenvalue weighted by Crippen LogP contribution is -2.24. The summed E-state index contributed by atoms with van der Waals surface area (Å²) in [6, 6.07) is 6.86. The van der Waals surface area contributed by atoms with Gasteiger partial charge in [0, 0.05) is 24.9 Å². The molecule has 0 spiro atoms. The van der Waals surface area contributed by atoms with Gasteiger partial charge in [-0.15, -0.1) is 0 Å². The number of benzene rings is 1. The van der Waals surface area contributed by atoms with Crippen LogP contribution in [0.1, 0.15) is 11.3 Å². The number of aromatic nitrogens is 2. The van der Waals surface area contributed by atoms with Crippen LogP contribution in [-0.2, 0) is 11.2 Å². The SMILES string of the molecule is N#Cc1nccnc1Oc1ccc2c(c1)OC(C(=O)O)C2. The molecule has 0 bridgehead atoms. The highest BCUT2D eigenvalue weighted by molar-refractivity contribution is 5.74. The summed E-state index contributed by atoms with van der Waals surface area (Å²) >= 11 is 0. The standard InChI is InChI=1S/C14H9N3O4/c15-7-10-13(17-4-3-16-10)20-9-2-1-8-5-12(14(18)19)21-11(8)6-9/h1-4,6,12H,5H2,(H,18,19). The van der Waals surface area contributed by atoms with E-state index in [1.54, 1.807) is 18.2 Å². The maximum atomic E-state index is 10.9. The number of fused-ring (bicyclic) bond motifs is 1. The Morgan fingerprint density at radius 1 is 1.43 bits per heavy atom. The number of carboxylic acid groups (broad SMARTS) is 1. The molecule has 0 amide bonds. The number of hydrogen-bond donors (Lipinski definition) is 1. The maximum Gasteiger partial charge on any atom is 0.345 e. The van der Waals surface area contributed by atoms with Crippen LogP contribution in [0.3, 0.4) is 0 Å². The molecule has 0 saturated heterocycles. The first-order chi connectivity index (χ1) is 10.2. The second kappa shape index (κ2) is 5.09. The number of carbonyl (C=O) groups is 1. The molecule has 0 radical (unpaired) electrons. The highest BCUT2D eigenvalue weighted by Gasteiger charge is 2.29. The first-order valence-corrected chi connectivity index (χ1v) is 6.08. The average Bonchev–Trinajstić information content (AvgIpc) is 2.91. The molecule has 1 aliphatic heterocycles. The zero-order valence-corrected chi connectivity index (χ0v) is 10.7. The van der Waals surface area contributed by atoms with Crippen molar-refractivity contribution in [1.82, 2.24) is 9.97 Å². The number of ether oxygens (including phenoxy) is 2. The minimum atomic E-state index is -1.01. The van der Waals surface area contributed by atoms with Crippen LogP contribution in [0.15, 0.2) is 30.6 Å². The van der Waals surface area contributed by atoms with E-state index >= 15 is 0 Å². The van der Waals surface area contributed by atoms with Crippen LogP contribution in [0.4, 0.5) is 0 Å². The molecule has 1 aliphatic rings. The fourth-order valence-corrected chi connectivity index (χ4v) is 2.00. The van der Waals surface area contributed by atoms with Crippen LogP contribution in [-0.4, -0.2) is 27.1 Å². The molecule has 0 fully saturated rings. The Hall–Kier alpha value is -3.14. The maximum absolute atomic E-state index is 10.9. The van der Waals surface area contributed by atoms with Crippen molar-refractivity contribution in [2.45, 2.75) is 12.5 Å². The predicted molar refractivity (Wildman–Crippen MR) is 69.0 cm³/mol. The topological polar surface area (TPSA) is 105 Å². The van der Waals surface area contributed by atoms with E-state index in [1.807, 2.05) is 6.07 Å². The van der Waals surface area contributed by atoms with Gasteiger partial charge in [0.25, 0.3) is 5.88 Å². The summed E-state index contributed by atoms with van der Waals surface area (Å²) in [5, 5.41) is 17.9. The van der Waals surface area contributed by atoms with E-state index in [0.717, 1.165) is 5.56 Å². The minimum Gasteiger partial charge on any atom is -0.478 e. The summed E-state index contributed by atoms with van der Waals surface area (Å²) in [7, 11) is 0. The normalized spacial score (nSPS) is 15.7. The van der Waals surface area contributed by atoms with Crippen molar-refractivity contribution in [2.24, 2.45) is 0 Å². The van der Waals surface area contributed by atoms with Gasteiger partial charge in [-0.1, -0.05) is 6.07 Å². The number of aliphatic carboxylic acids is 1. The number of rotatable bonds is 3. The lowest BCUT2D eigenvalue weighted by molar-refractivity contribution is -0.144. The highest BCUT2D eigenvalue weighted by atomic mass is 16.5. The molecular formula is C14H9N3O4. The zero-order chi connectivity index (χ0) is 14.8. The van der Waals surface area contributed by atoms with Crippen LogP contribution in [0, 0.1) is 11.3 Å². The van der Waals surface area contributed by atoms with Gasteiger partial charge in [0.15, 0.2) is 6.10 Å². The Balaban J connectivity index is 1.85. The number of carboxylic acids is 1. The fraction of sp³-hybridized carbons (Fsp3) is 0.143. The van der Waals surface area contributed by atoms with E-state index in [0.29, 0.717) is 17.9 Å². The first-order valence-electron chi connectivity index (χ1n) is 6.08. The van der Waals surface area contributed by atoms with Crippen LogP contribution in [0.25, 0.3) is 0 Å². The summed E-state index contributed by atoms with van der Waals surface area (Å²) in [6.45, 7) is 0. The minimum absolute atomic E-state index is 0.0716. The molecule has 1 aromatic carbocycles. The van der Waals surface area contributed by atoms with Gasteiger partial charge in [-0.2, -0.15) is 5.26 Å². The van der Waals surface area contributed by atoms with E-state index in [4.69, 9.17) is 19.8 Å². The van der Waals surface area contributed by atoms with Gasteiger partial charge in [-0.3, -0.25) is 0 Å². The molecule has 1 aromatic heterocycles. The summed E-state index contributed by atoms with van der Waals surface area (Å²) in [5.41, 5.74) is 0.872. The number of nitriles is 1. The Morgan fingerprint density at radius 2 is 2.24 bits per heavy atom. The van der Waals surface area contributed by atoms with Gasteiger partial charge in [0.1, 0.15) is 17.6 Å². The molecule has 2 heterocycles.